The van der Waals surface area contributed by atoms with E-state index in [2.05, 4.69) is 31.9 Å². The number of nitrogens with two attached hydrogens (primary N) is 1. The Morgan fingerprint density at radius 2 is 2.09 bits per heavy atom. The summed E-state index contributed by atoms with van der Waals surface area (Å²) in [6, 6.07) is 3.72. The number of aromatic nitrogens is 1. The third-order valence-corrected chi connectivity index (χ3v) is 5.10. The van der Waals surface area contributed by atoms with Crippen LogP contribution in [0.2, 0.25) is 5.02 Å². The fraction of sp³-hybridized carbons (Fsp3) is 0.143. The summed E-state index contributed by atoms with van der Waals surface area (Å²) in [5.41, 5.74) is 7.56. The first-order chi connectivity index (χ1) is 10.3. The van der Waals surface area contributed by atoms with Gasteiger partial charge in [-0.05, 0) is 50.4 Å². The van der Waals surface area contributed by atoms with Gasteiger partial charge in [0.25, 0.3) is 0 Å². The van der Waals surface area contributed by atoms with Gasteiger partial charge in [-0.1, -0.05) is 11.6 Å². The van der Waals surface area contributed by atoms with Gasteiger partial charge in [0, 0.05) is 15.1 Å². The van der Waals surface area contributed by atoms with Gasteiger partial charge in [0.2, 0.25) is 0 Å². The highest BCUT2D eigenvalue weighted by Crippen LogP contribution is 2.38. The van der Waals surface area contributed by atoms with E-state index < -0.39 is 5.97 Å². The molecule has 0 amide bonds. The number of carbonyl (C=O) groups excluding carboxylic acids is 1. The third-order valence-electron chi connectivity index (χ3n) is 3.16. The van der Waals surface area contributed by atoms with Crippen LogP contribution in [0.1, 0.15) is 21.6 Å². The molecule has 114 valence electrons. The standard InChI is InChI=1S/C14H10Br2ClN3O2/c1-6-10(17)8(15)3-9(16)12(6)20-5-7(4-18)11(19)13(20)14(21)22-2/h3,5H,19H2,1-2H3. The largest absolute Gasteiger partial charge is 0.464 e. The Kier molecular flexibility index (Phi) is 4.85. The number of rotatable bonds is 2. The Bertz CT molecular complexity index is 825. The number of methoxy groups -OCH3 is 1. The van der Waals surface area contributed by atoms with Crippen LogP contribution in [0.4, 0.5) is 5.69 Å². The Morgan fingerprint density at radius 1 is 1.45 bits per heavy atom. The summed E-state index contributed by atoms with van der Waals surface area (Å²) in [7, 11) is 1.25. The molecule has 0 radical (unpaired) electrons. The minimum absolute atomic E-state index is 0.0692. The molecular weight excluding hydrogens is 437 g/mol. The van der Waals surface area contributed by atoms with Crippen molar-refractivity contribution in [3.8, 4) is 11.8 Å². The topological polar surface area (TPSA) is 81.0 Å². The summed E-state index contributed by atoms with van der Waals surface area (Å²) in [6.45, 7) is 1.80. The normalized spacial score (nSPS) is 10.4. The van der Waals surface area contributed by atoms with Gasteiger partial charge in [-0.3, -0.25) is 0 Å². The summed E-state index contributed by atoms with van der Waals surface area (Å²) in [5.74, 6) is -0.635. The summed E-state index contributed by atoms with van der Waals surface area (Å²) in [4.78, 5) is 12.0. The second-order valence-corrected chi connectivity index (χ2v) is 6.49. The average Bonchev–Trinajstić information content (AvgIpc) is 2.80. The van der Waals surface area contributed by atoms with Gasteiger partial charge in [0.1, 0.15) is 6.07 Å². The predicted molar refractivity (Wildman–Crippen MR) is 91.4 cm³/mol. The zero-order chi connectivity index (χ0) is 16.6. The van der Waals surface area contributed by atoms with Crippen molar-refractivity contribution in [3.05, 3.63) is 43.1 Å². The first-order valence-corrected chi connectivity index (χ1v) is 7.93. The summed E-state index contributed by atoms with van der Waals surface area (Å²) in [5, 5.41) is 9.65. The highest BCUT2D eigenvalue weighted by molar-refractivity contribution is 9.11. The number of ether oxygens (including phenoxy) is 1. The van der Waals surface area contributed by atoms with E-state index >= 15 is 0 Å². The summed E-state index contributed by atoms with van der Waals surface area (Å²) >= 11 is 13.1. The molecule has 0 spiro atoms. The van der Waals surface area contributed by atoms with E-state index in [1.54, 1.807) is 13.0 Å². The quantitative estimate of drug-likeness (QED) is 0.553. The van der Waals surface area contributed by atoms with Crippen LogP contribution in [-0.2, 0) is 4.74 Å². The van der Waals surface area contributed by atoms with E-state index in [4.69, 9.17) is 27.3 Å². The second kappa shape index (κ2) is 6.32. The van der Waals surface area contributed by atoms with Crippen molar-refractivity contribution in [3.63, 3.8) is 0 Å². The molecule has 8 heteroatoms. The Morgan fingerprint density at radius 3 is 2.64 bits per heavy atom. The van der Waals surface area contributed by atoms with E-state index in [0.29, 0.717) is 25.2 Å². The minimum Gasteiger partial charge on any atom is -0.464 e. The van der Waals surface area contributed by atoms with Crippen molar-refractivity contribution in [2.24, 2.45) is 0 Å². The van der Waals surface area contributed by atoms with E-state index in [-0.39, 0.29) is 16.9 Å². The van der Waals surface area contributed by atoms with Crippen molar-refractivity contribution in [1.82, 2.24) is 4.57 Å². The Balaban J connectivity index is 2.88. The molecule has 2 N–H and O–H groups in total. The molecule has 0 aliphatic heterocycles. The number of anilines is 1. The fourth-order valence-electron chi connectivity index (χ4n) is 2.09. The number of halogens is 3. The maximum atomic E-state index is 12.0. The van der Waals surface area contributed by atoms with Gasteiger partial charge >= 0.3 is 5.97 Å². The number of hydrogen-bond acceptors (Lipinski definition) is 4. The van der Waals surface area contributed by atoms with E-state index in [1.807, 2.05) is 6.07 Å². The zero-order valence-corrected chi connectivity index (χ0v) is 15.5. The molecule has 0 fully saturated rings. The van der Waals surface area contributed by atoms with Crippen molar-refractivity contribution in [2.45, 2.75) is 6.92 Å². The van der Waals surface area contributed by atoms with Crippen molar-refractivity contribution in [1.29, 1.82) is 5.26 Å². The molecule has 2 rings (SSSR count). The van der Waals surface area contributed by atoms with E-state index in [0.717, 1.165) is 0 Å². The lowest BCUT2D eigenvalue weighted by Crippen LogP contribution is -2.12. The molecular formula is C14H10Br2ClN3O2. The zero-order valence-electron chi connectivity index (χ0n) is 11.6. The molecule has 1 aromatic heterocycles. The van der Waals surface area contributed by atoms with Crippen LogP contribution < -0.4 is 5.73 Å². The first kappa shape index (κ1) is 16.9. The smallest absolute Gasteiger partial charge is 0.357 e. The van der Waals surface area contributed by atoms with Gasteiger partial charge in [0.05, 0.1) is 29.1 Å². The van der Waals surface area contributed by atoms with Crippen LogP contribution in [0.3, 0.4) is 0 Å². The number of nitrogen functional groups attached to an aromatic ring is 1. The number of nitriles is 1. The molecule has 0 atom stereocenters. The molecule has 5 nitrogen and oxygen atoms in total. The third kappa shape index (κ3) is 2.62. The van der Waals surface area contributed by atoms with Crippen LogP contribution in [0, 0.1) is 18.3 Å². The Hall–Kier alpha value is -1.49. The van der Waals surface area contributed by atoms with Crippen LogP contribution in [-0.4, -0.2) is 17.6 Å². The lowest BCUT2D eigenvalue weighted by molar-refractivity contribution is 0.0593. The van der Waals surface area contributed by atoms with Crippen LogP contribution in [0.5, 0.6) is 0 Å². The Labute approximate surface area is 148 Å². The maximum absolute atomic E-state index is 12.0. The molecule has 2 aromatic rings. The summed E-state index contributed by atoms with van der Waals surface area (Å²) in [6.07, 6.45) is 1.49. The van der Waals surface area contributed by atoms with Crippen molar-refractivity contribution < 1.29 is 9.53 Å². The molecule has 0 bridgehead atoms. The molecule has 1 aromatic carbocycles. The lowest BCUT2D eigenvalue weighted by Gasteiger charge is -2.15. The number of nitrogens with zero attached hydrogens (tertiary/aromatic N) is 2. The fourth-order valence-corrected chi connectivity index (χ4v) is 3.79. The predicted octanol–water partition coefficient (Wildman–Crippen LogP) is 4.20. The number of esters is 1. The monoisotopic (exact) mass is 445 g/mol. The van der Waals surface area contributed by atoms with Gasteiger partial charge in [-0.15, -0.1) is 0 Å². The van der Waals surface area contributed by atoms with Crippen LogP contribution in [0.25, 0.3) is 5.69 Å². The van der Waals surface area contributed by atoms with Crippen molar-refractivity contribution >= 4 is 55.1 Å². The van der Waals surface area contributed by atoms with Crippen LogP contribution in [0.15, 0.2) is 21.2 Å². The number of hydrogen-bond donors (Lipinski definition) is 1. The SMILES string of the molecule is COC(=O)c1c(N)c(C#N)cn1-c1c(Br)cc(Br)c(Cl)c1C. The number of carbonyl (C=O) groups is 1. The second-order valence-electron chi connectivity index (χ2n) is 4.41. The van der Waals surface area contributed by atoms with Gasteiger partial charge in [0.15, 0.2) is 5.69 Å². The molecule has 1 heterocycles. The molecule has 0 aliphatic rings. The number of benzene rings is 1. The van der Waals surface area contributed by atoms with Gasteiger partial charge in [-0.2, -0.15) is 5.26 Å². The molecule has 0 unspecified atom stereocenters. The minimum atomic E-state index is -0.635. The average molecular weight is 448 g/mol. The van der Waals surface area contributed by atoms with Crippen LogP contribution >= 0.6 is 43.5 Å². The van der Waals surface area contributed by atoms with E-state index in [1.165, 1.54) is 17.9 Å². The highest BCUT2D eigenvalue weighted by Gasteiger charge is 2.24. The van der Waals surface area contributed by atoms with E-state index in [9.17, 15) is 4.79 Å². The lowest BCUT2D eigenvalue weighted by atomic mass is 10.2. The molecule has 0 saturated heterocycles. The molecule has 0 aliphatic carbocycles. The highest BCUT2D eigenvalue weighted by atomic mass is 79.9. The maximum Gasteiger partial charge on any atom is 0.357 e. The summed E-state index contributed by atoms with van der Waals surface area (Å²) < 4.78 is 7.67. The van der Waals surface area contributed by atoms with Gasteiger partial charge in [-0.25, -0.2) is 4.79 Å². The van der Waals surface area contributed by atoms with Crippen molar-refractivity contribution in [2.75, 3.05) is 12.8 Å². The first-order valence-electron chi connectivity index (χ1n) is 5.97. The van der Waals surface area contributed by atoms with Gasteiger partial charge < -0.3 is 15.0 Å². The molecule has 22 heavy (non-hydrogen) atoms. The molecule has 0 saturated carbocycles.